The molecule has 0 atom stereocenters. The lowest BCUT2D eigenvalue weighted by Crippen LogP contribution is -2.16. The van der Waals surface area contributed by atoms with Gasteiger partial charge in [-0.3, -0.25) is 4.99 Å². The van der Waals surface area contributed by atoms with E-state index in [9.17, 15) is 0 Å². The van der Waals surface area contributed by atoms with Gasteiger partial charge >= 0.3 is 0 Å². The first kappa shape index (κ1) is 12.2. The summed E-state index contributed by atoms with van der Waals surface area (Å²) in [6, 6.07) is 8.15. The summed E-state index contributed by atoms with van der Waals surface area (Å²) in [4.78, 5) is 4.32. The van der Waals surface area contributed by atoms with E-state index in [1.807, 2.05) is 12.1 Å². The van der Waals surface area contributed by atoms with Crippen LogP contribution in [0.4, 0.5) is 0 Å². The summed E-state index contributed by atoms with van der Waals surface area (Å²) in [5.74, 6) is 1.28. The molecule has 0 bridgehead atoms. The molecule has 2 nitrogen and oxygen atoms in total. The van der Waals surface area contributed by atoms with Crippen molar-refractivity contribution in [1.29, 1.82) is 0 Å². The minimum absolute atomic E-state index is 0.563. The second-order valence-electron chi connectivity index (χ2n) is 4.03. The largest absolute Gasteiger partial charge is 0.387 e. The molecular weight excluding hydrogens is 252 g/mol. The van der Waals surface area contributed by atoms with Gasteiger partial charge in [0.25, 0.3) is 0 Å². The van der Waals surface area contributed by atoms with E-state index in [4.69, 9.17) is 5.73 Å². The Morgan fingerprint density at radius 2 is 1.93 bits per heavy atom. The highest BCUT2D eigenvalue weighted by molar-refractivity contribution is 9.10. The van der Waals surface area contributed by atoms with E-state index in [1.165, 1.54) is 5.56 Å². The Morgan fingerprint density at radius 1 is 1.33 bits per heavy atom. The van der Waals surface area contributed by atoms with Crippen LogP contribution < -0.4 is 5.73 Å². The maximum absolute atomic E-state index is 5.83. The van der Waals surface area contributed by atoms with Gasteiger partial charge in [-0.25, -0.2) is 0 Å². The lowest BCUT2D eigenvalue weighted by atomic mass is 10.1. The summed E-state index contributed by atoms with van der Waals surface area (Å²) in [5, 5.41) is 0. The van der Waals surface area contributed by atoms with E-state index < -0.39 is 0 Å². The van der Waals surface area contributed by atoms with Crippen molar-refractivity contribution < 1.29 is 0 Å². The van der Waals surface area contributed by atoms with Crippen molar-refractivity contribution in [3.8, 4) is 0 Å². The van der Waals surface area contributed by atoms with Gasteiger partial charge < -0.3 is 5.73 Å². The van der Waals surface area contributed by atoms with Crippen molar-refractivity contribution in [2.75, 3.05) is 6.54 Å². The van der Waals surface area contributed by atoms with Gasteiger partial charge in [-0.1, -0.05) is 41.9 Å². The van der Waals surface area contributed by atoms with E-state index in [0.717, 1.165) is 17.4 Å². The Hall–Kier alpha value is -0.830. The van der Waals surface area contributed by atoms with E-state index in [2.05, 4.69) is 46.9 Å². The summed E-state index contributed by atoms with van der Waals surface area (Å²) in [5.41, 5.74) is 7.03. The number of rotatable bonds is 4. The normalized spacial score (nSPS) is 12.1. The minimum atomic E-state index is 0.563. The molecule has 0 aliphatic rings. The molecule has 0 heterocycles. The number of nitrogens with two attached hydrogens (primary N) is 1. The molecule has 2 N–H and O–H groups in total. The highest BCUT2D eigenvalue weighted by Gasteiger charge is 1.97. The molecule has 0 unspecified atom stereocenters. The van der Waals surface area contributed by atoms with Gasteiger partial charge in [-0.2, -0.15) is 0 Å². The smallest absolute Gasteiger partial charge is 0.0981 e. The van der Waals surface area contributed by atoms with Crippen LogP contribution in [0.1, 0.15) is 19.4 Å². The van der Waals surface area contributed by atoms with Crippen LogP contribution in [-0.2, 0) is 6.42 Å². The zero-order valence-electron chi connectivity index (χ0n) is 9.20. The summed E-state index contributed by atoms with van der Waals surface area (Å²) >= 11 is 3.40. The van der Waals surface area contributed by atoms with Crippen LogP contribution in [0.25, 0.3) is 0 Å². The molecule has 3 heteroatoms. The Kier molecular flexibility index (Phi) is 4.82. The Labute approximate surface area is 99.7 Å². The summed E-state index contributed by atoms with van der Waals surface area (Å²) in [7, 11) is 0. The number of nitrogens with zero attached hydrogens (tertiary/aromatic N) is 1. The molecular formula is C12H17BrN2. The van der Waals surface area contributed by atoms with Crippen molar-refractivity contribution in [3.63, 3.8) is 0 Å². The van der Waals surface area contributed by atoms with Crippen LogP contribution in [0, 0.1) is 5.92 Å². The van der Waals surface area contributed by atoms with Gasteiger partial charge in [0, 0.05) is 17.4 Å². The van der Waals surface area contributed by atoms with Gasteiger partial charge in [0.1, 0.15) is 0 Å². The third-order valence-corrected chi connectivity index (χ3v) is 2.49. The molecule has 82 valence electrons. The van der Waals surface area contributed by atoms with Gasteiger partial charge in [0.15, 0.2) is 0 Å². The van der Waals surface area contributed by atoms with Crippen LogP contribution in [-0.4, -0.2) is 12.4 Å². The topological polar surface area (TPSA) is 38.4 Å². The molecule has 0 aromatic heterocycles. The van der Waals surface area contributed by atoms with Crippen LogP contribution >= 0.6 is 15.9 Å². The van der Waals surface area contributed by atoms with Crippen LogP contribution in [0.2, 0.25) is 0 Å². The molecule has 0 aliphatic heterocycles. The summed E-state index contributed by atoms with van der Waals surface area (Å²) < 4.78 is 1.09. The van der Waals surface area contributed by atoms with Crippen LogP contribution in [0.3, 0.4) is 0 Å². The Bertz CT molecular complexity index is 328. The highest BCUT2D eigenvalue weighted by Crippen LogP contribution is 2.10. The number of hydrogen-bond donors (Lipinski definition) is 1. The van der Waals surface area contributed by atoms with E-state index >= 15 is 0 Å². The summed E-state index contributed by atoms with van der Waals surface area (Å²) in [6.07, 6.45) is 0.736. The van der Waals surface area contributed by atoms with Crippen LogP contribution in [0.15, 0.2) is 33.7 Å². The third-order valence-electron chi connectivity index (χ3n) is 1.96. The fraction of sp³-hybridized carbons (Fsp3) is 0.417. The van der Waals surface area contributed by atoms with E-state index in [0.29, 0.717) is 11.8 Å². The first-order valence-electron chi connectivity index (χ1n) is 5.11. The molecule has 1 aromatic carbocycles. The molecule has 0 saturated heterocycles. The lowest BCUT2D eigenvalue weighted by molar-refractivity contribution is 0.664. The Morgan fingerprint density at radius 3 is 2.47 bits per heavy atom. The van der Waals surface area contributed by atoms with Crippen LogP contribution in [0.5, 0.6) is 0 Å². The number of benzene rings is 1. The number of halogens is 1. The average Bonchev–Trinajstić information content (AvgIpc) is 2.19. The molecule has 1 aromatic rings. The fourth-order valence-electron chi connectivity index (χ4n) is 1.17. The molecule has 0 fully saturated rings. The predicted octanol–water partition coefficient (Wildman–Crippen LogP) is 3.00. The molecule has 0 spiro atoms. The number of amidine groups is 1. The van der Waals surface area contributed by atoms with Crippen molar-refractivity contribution in [1.82, 2.24) is 0 Å². The van der Waals surface area contributed by atoms with Crippen molar-refractivity contribution in [2.24, 2.45) is 16.6 Å². The van der Waals surface area contributed by atoms with Crippen molar-refractivity contribution in [2.45, 2.75) is 20.3 Å². The number of aliphatic imine (C=N–C) groups is 1. The lowest BCUT2D eigenvalue weighted by Gasteiger charge is -2.03. The maximum Gasteiger partial charge on any atom is 0.0981 e. The van der Waals surface area contributed by atoms with Crippen molar-refractivity contribution >= 4 is 21.8 Å². The first-order valence-corrected chi connectivity index (χ1v) is 5.90. The van der Waals surface area contributed by atoms with Gasteiger partial charge in [-0.05, 0) is 23.6 Å². The van der Waals surface area contributed by atoms with Crippen molar-refractivity contribution in [3.05, 3.63) is 34.3 Å². The molecule has 0 aliphatic carbocycles. The predicted molar refractivity (Wildman–Crippen MR) is 69.2 cm³/mol. The van der Waals surface area contributed by atoms with E-state index in [-0.39, 0.29) is 0 Å². The average molecular weight is 269 g/mol. The molecule has 0 amide bonds. The SMILES string of the molecule is CC(C)CN=C(N)Cc1ccc(Br)cc1. The highest BCUT2D eigenvalue weighted by atomic mass is 79.9. The maximum atomic E-state index is 5.83. The second kappa shape index (κ2) is 5.91. The fourth-order valence-corrected chi connectivity index (χ4v) is 1.43. The molecule has 1 rings (SSSR count). The number of hydrogen-bond acceptors (Lipinski definition) is 1. The second-order valence-corrected chi connectivity index (χ2v) is 4.94. The molecule has 0 radical (unpaired) electrons. The minimum Gasteiger partial charge on any atom is -0.387 e. The Balaban J connectivity index is 2.54. The first-order chi connectivity index (χ1) is 7.08. The zero-order chi connectivity index (χ0) is 11.3. The van der Waals surface area contributed by atoms with Gasteiger partial charge in [-0.15, -0.1) is 0 Å². The quantitative estimate of drug-likeness (QED) is 0.662. The van der Waals surface area contributed by atoms with Gasteiger partial charge in [0.2, 0.25) is 0 Å². The molecule has 15 heavy (non-hydrogen) atoms. The van der Waals surface area contributed by atoms with E-state index in [1.54, 1.807) is 0 Å². The zero-order valence-corrected chi connectivity index (χ0v) is 10.8. The summed E-state index contributed by atoms with van der Waals surface area (Å²) in [6.45, 7) is 5.08. The standard InChI is InChI=1S/C12H17BrN2/c1-9(2)8-15-12(14)7-10-3-5-11(13)6-4-10/h3-6,9H,7-8H2,1-2H3,(H2,14,15). The molecule has 0 saturated carbocycles. The van der Waals surface area contributed by atoms with Gasteiger partial charge in [0.05, 0.1) is 5.84 Å². The third kappa shape index (κ3) is 4.98. The monoisotopic (exact) mass is 268 g/mol.